The van der Waals surface area contributed by atoms with Gasteiger partial charge in [-0.05, 0) is 19.9 Å². The Balaban J connectivity index is 2.24. The molecule has 0 aliphatic heterocycles. The first kappa shape index (κ1) is 14.3. The first-order valence-electron chi connectivity index (χ1n) is 6.22. The molecule has 2 aromatic heterocycles. The Kier molecular flexibility index (Phi) is 4.24. The Hall–Kier alpha value is -2.08. The van der Waals surface area contributed by atoms with Crippen molar-refractivity contribution in [1.29, 1.82) is 0 Å². The third-order valence-corrected chi connectivity index (χ3v) is 3.00. The molecule has 20 heavy (non-hydrogen) atoms. The van der Waals surface area contributed by atoms with E-state index in [1.165, 1.54) is 6.20 Å². The Morgan fingerprint density at radius 3 is 2.80 bits per heavy atom. The number of hydrogen-bond donors (Lipinski definition) is 2. The van der Waals surface area contributed by atoms with Crippen LogP contribution in [0.3, 0.4) is 0 Å². The van der Waals surface area contributed by atoms with Crippen LogP contribution in [0.25, 0.3) is 0 Å². The topological polar surface area (TPSA) is 71.8 Å². The SMILES string of the molecule is CCNc1cc(C(=O)Nc2cc(C)nn2C)c(Cl)cn1. The van der Waals surface area contributed by atoms with Crippen LogP contribution in [0.15, 0.2) is 18.3 Å². The van der Waals surface area contributed by atoms with Crippen LogP contribution in [0.1, 0.15) is 23.0 Å². The molecule has 0 saturated carbocycles. The lowest BCUT2D eigenvalue weighted by atomic mass is 10.2. The molecule has 6 nitrogen and oxygen atoms in total. The van der Waals surface area contributed by atoms with Crippen LogP contribution >= 0.6 is 11.6 Å². The number of nitrogens with zero attached hydrogens (tertiary/aromatic N) is 3. The van der Waals surface area contributed by atoms with Gasteiger partial charge in [-0.25, -0.2) is 4.98 Å². The van der Waals surface area contributed by atoms with E-state index in [-0.39, 0.29) is 5.91 Å². The highest BCUT2D eigenvalue weighted by Crippen LogP contribution is 2.20. The van der Waals surface area contributed by atoms with Crippen molar-refractivity contribution in [1.82, 2.24) is 14.8 Å². The lowest BCUT2D eigenvalue weighted by molar-refractivity contribution is 0.102. The van der Waals surface area contributed by atoms with Crippen molar-refractivity contribution in [3.05, 3.63) is 34.6 Å². The highest BCUT2D eigenvalue weighted by molar-refractivity contribution is 6.34. The molecule has 0 fully saturated rings. The lowest BCUT2D eigenvalue weighted by Gasteiger charge is -2.08. The van der Waals surface area contributed by atoms with Crippen molar-refractivity contribution in [2.75, 3.05) is 17.2 Å². The number of rotatable bonds is 4. The van der Waals surface area contributed by atoms with E-state index in [0.717, 1.165) is 12.2 Å². The number of hydrogen-bond acceptors (Lipinski definition) is 4. The van der Waals surface area contributed by atoms with Crippen LogP contribution in [0.4, 0.5) is 11.6 Å². The van der Waals surface area contributed by atoms with E-state index in [4.69, 9.17) is 11.6 Å². The normalized spacial score (nSPS) is 10.4. The fourth-order valence-corrected chi connectivity index (χ4v) is 1.99. The Labute approximate surface area is 122 Å². The molecule has 0 bridgehead atoms. The smallest absolute Gasteiger partial charge is 0.258 e. The predicted octanol–water partition coefficient (Wildman–Crippen LogP) is 2.46. The first-order chi connectivity index (χ1) is 9.51. The van der Waals surface area contributed by atoms with Crippen LogP contribution in [-0.2, 0) is 7.05 Å². The third kappa shape index (κ3) is 3.08. The van der Waals surface area contributed by atoms with E-state index in [2.05, 4.69) is 20.7 Å². The maximum Gasteiger partial charge on any atom is 0.258 e. The van der Waals surface area contributed by atoms with Gasteiger partial charge in [0.05, 0.1) is 16.3 Å². The first-order valence-corrected chi connectivity index (χ1v) is 6.60. The number of amides is 1. The van der Waals surface area contributed by atoms with Gasteiger partial charge < -0.3 is 10.6 Å². The van der Waals surface area contributed by atoms with Crippen LogP contribution < -0.4 is 10.6 Å². The minimum Gasteiger partial charge on any atom is -0.370 e. The maximum atomic E-state index is 12.3. The van der Waals surface area contributed by atoms with Gasteiger partial charge in [0.25, 0.3) is 5.91 Å². The quantitative estimate of drug-likeness (QED) is 0.908. The molecule has 0 spiro atoms. The number of halogens is 1. The Morgan fingerprint density at radius 2 is 2.20 bits per heavy atom. The second-order valence-corrected chi connectivity index (χ2v) is 4.74. The van der Waals surface area contributed by atoms with Gasteiger partial charge >= 0.3 is 0 Å². The summed E-state index contributed by atoms with van der Waals surface area (Å²) in [5.41, 5.74) is 1.20. The molecule has 2 heterocycles. The van der Waals surface area contributed by atoms with Crippen LogP contribution in [-0.4, -0.2) is 27.2 Å². The zero-order valence-electron chi connectivity index (χ0n) is 11.6. The Morgan fingerprint density at radius 1 is 1.45 bits per heavy atom. The molecule has 0 aliphatic carbocycles. The molecule has 2 rings (SSSR count). The van der Waals surface area contributed by atoms with Crippen LogP contribution in [0.2, 0.25) is 5.02 Å². The van der Waals surface area contributed by atoms with Gasteiger partial charge in [-0.15, -0.1) is 0 Å². The molecule has 2 aromatic rings. The van der Waals surface area contributed by atoms with Gasteiger partial charge in [0, 0.05) is 25.9 Å². The second-order valence-electron chi connectivity index (χ2n) is 4.33. The summed E-state index contributed by atoms with van der Waals surface area (Å²) in [6.07, 6.45) is 1.46. The molecule has 106 valence electrons. The average Bonchev–Trinajstić information content (AvgIpc) is 2.70. The fourth-order valence-electron chi connectivity index (χ4n) is 1.80. The van der Waals surface area contributed by atoms with Crippen molar-refractivity contribution >= 4 is 29.1 Å². The molecule has 1 amide bonds. The molecule has 0 atom stereocenters. The van der Waals surface area contributed by atoms with Crippen molar-refractivity contribution in [3.8, 4) is 0 Å². The molecule has 0 aromatic carbocycles. The highest BCUT2D eigenvalue weighted by Gasteiger charge is 2.14. The summed E-state index contributed by atoms with van der Waals surface area (Å²) in [4.78, 5) is 16.4. The molecular formula is C13H16ClN5O. The summed E-state index contributed by atoms with van der Waals surface area (Å²) in [6.45, 7) is 4.53. The molecular weight excluding hydrogens is 278 g/mol. The summed E-state index contributed by atoms with van der Waals surface area (Å²) < 4.78 is 1.60. The molecule has 0 radical (unpaired) electrons. The molecule has 0 unspecified atom stereocenters. The molecule has 0 aliphatic rings. The monoisotopic (exact) mass is 293 g/mol. The van der Waals surface area contributed by atoms with Gasteiger partial charge in [0.15, 0.2) is 0 Å². The molecule has 7 heteroatoms. The predicted molar refractivity (Wildman–Crippen MR) is 79.3 cm³/mol. The number of carbonyl (C=O) groups excluding carboxylic acids is 1. The summed E-state index contributed by atoms with van der Waals surface area (Å²) >= 11 is 6.03. The maximum absolute atomic E-state index is 12.3. The molecule has 2 N–H and O–H groups in total. The number of nitrogens with one attached hydrogen (secondary N) is 2. The zero-order valence-corrected chi connectivity index (χ0v) is 12.3. The van der Waals surface area contributed by atoms with Gasteiger partial charge in [-0.3, -0.25) is 9.48 Å². The standard InChI is InChI=1S/C13H16ClN5O/c1-4-15-11-6-9(10(14)7-16-11)13(20)17-12-5-8(2)18-19(12)3/h5-7H,4H2,1-3H3,(H,15,16)(H,17,20). The number of carbonyl (C=O) groups is 1. The van der Waals surface area contributed by atoms with E-state index >= 15 is 0 Å². The van der Waals surface area contributed by atoms with E-state index in [1.54, 1.807) is 23.9 Å². The van der Waals surface area contributed by atoms with Gasteiger partial charge in [-0.1, -0.05) is 11.6 Å². The number of pyridine rings is 1. The van der Waals surface area contributed by atoms with Crippen molar-refractivity contribution < 1.29 is 4.79 Å². The lowest BCUT2D eigenvalue weighted by Crippen LogP contribution is -2.15. The minimum absolute atomic E-state index is 0.292. The van der Waals surface area contributed by atoms with Gasteiger partial charge in [0.1, 0.15) is 11.6 Å². The van der Waals surface area contributed by atoms with Gasteiger partial charge in [-0.2, -0.15) is 5.10 Å². The van der Waals surface area contributed by atoms with Crippen molar-refractivity contribution in [3.63, 3.8) is 0 Å². The van der Waals surface area contributed by atoms with E-state index in [0.29, 0.717) is 22.2 Å². The largest absolute Gasteiger partial charge is 0.370 e. The number of aryl methyl sites for hydroxylation is 2. The van der Waals surface area contributed by atoms with E-state index in [9.17, 15) is 4.79 Å². The Bertz CT molecular complexity index is 638. The average molecular weight is 294 g/mol. The highest BCUT2D eigenvalue weighted by atomic mass is 35.5. The third-order valence-electron chi connectivity index (χ3n) is 2.70. The molecule has 0 saturated heterocycles. The van der Waals surface area contributed by atoms with Crippen molar-refractivity contribution in [2.24, 2.45) is 7.05 Å². The van der Waals surface area contributed by atoms with Crippen LogP contribution in [0, 0.1) is 6.92 Å². The summed E-state index contributed by atoms with van der Waals surface area (Å²) in [7, 11) is 1.76. The van der Waals surface area contributed by atoms with Crippen LogP contribution in [0.5, 0.6) is 0 Å². The van der Waals surface area contributed by atoms with E-state index < -0.39 is 0 Å². The summed E-state index contributed by atoms with van der Waals surface area (Å²) in [6, 6.07) is 3.42. The fraction of sp³-hybridized carbons (Fsp3) is 0.308. The summed E-state index contributed by atoms with van der Waals surface area (Å²) in [5.74, 6) is 0.938. The zero-order chi connectivity index (χ0) is 14.7. The van der Waals surface area contributed by atoms with E-state index in [1.807, 2.05) is 13.8 Å². The van der Waals surface area contributed by atoms with Gasteiger partial charge in [0.2, 0.25) is 0 Å². The number of aromatic nitrogens is 3. The number of anilines is 2. The second kappa shape index (κ2) is 5.92. The minimum atomic E-state index is -0.292. The summed E-state index contributed by atoms with van der Waals surface area (Å²) in [5, 5.41) is 10.3. The van der Waals surface area contributed by atoms with Crippen molar-refractivity contribution in [2.45, 2.75) is 13.8 Å².